The van der Waals surface area contributed by atoms with Crippen molar-refractivity contribution < 1.29 is 13.5 Å². The maximum atomic E-state index is 11.4. The third kappa shape index (κ3) is 2.56. The summed E-state index contributed by atoms with van der Waals surface area (Å²) in [7, 11) is -3.66. The van der Waals surface area contributed by atoms with E-state index in [-0.39, 0.29) is 12.6 Å². The van der Waals surface area contributed by atoms with Crippen LogP contribution in [-0.2, 0) is 10.2 Å². The van der Waals surface area contributed by atoms with Gasteiger partial charge in [-0.15, -0.1) is 0 Å². The molecule has 1 heterocycles. The SMILES string of the molecule is NS(=O)(=O)N1CC(O)CC1C1CCCCC1. The van der Waals surface area contributed by atoms with Gasteiger partial charge in [-0.2, -0.15) is 12.7 Å². The molecule has 5 nitrogen and oxygen atoms in total. The van der Waals surface area contributed by atoms with Gasteiger partial charge in [-0.25, -0.2) is 5.14 Å². The molecular formula is C10H20N2O3S. The number of hydrogen-bond donors (Lipinski definition) is 2. The van der Waals surface area contributed by atoms with Crippen molar-refractivity contribution in [2.24, 2.45) is 11.1 Å². The number of aliphatic hydroxyl groups is 1. The molecule has 94 valence electrons. The quantitative estimate of drug-likeness (QED) is 0.732. The first kappa shape index (κ1) is 12.3. The first-order chi connectivity index (χ1) is 7.48. The summed E-state index contributed by atoms with van der Waals surface area (Å²) >= 11 is 0. The van der Waals surface area contributed by atoms with Gasteiger partial charge in [0.2, 0.25) is 0 Å². The topological polar surface area (TPSA) is 83.6 Å². The number of β-amino-alcohol motifs (C(OH)–C–C–N with tert-alkyl or cyclic N) is 1. The lowest BCUT2D eigenvalue weighted by molar-refractivity contribution is 0.185. The van der Waals surface area contributed by atoms with Crippen molar-refractivity contribution in [3.8, 4) is 0 Å². The zero-order chi connectivity index (χ0) is 11.8. The van der Waals surface area contributed by atoms with Gasteiger partial charge in [0, 0.05) is 12.6 Å². The van der Waals surface area contributed by atoms with Crippen LogP contribution in [0, 0.1) is 5.92 Å². The number of hydrogen-bond acceptors (Lipinski definition) is 3. The average molecular weight is 248 g/mol. The fraction of sp³-hybridized carbons (Fsp3) is 1.00. The van der Waals surface area contributed by atoms with E-state index in [2.05, 4.69) is 0 Å². The molecule has 0 aromatic carbocycles. The second kappa shape index (κ2) is 4.60. The van der Waals surface area contributed by atoms with Crippen molar-refractivity contribution in [3.05, 3.63) is 0 Å². The molecule has 1 aliphatic heterocycles. The third-order valence-electron chi connectivity index (χ3n) is 3.80. The second-order valence-corrected chi connectivity index (χ2v) is 6.47. The Bertz CT molecular complexity index is 338. The van der Waals surface area contributed by atoms with E-state index >= 15 is 0 Å². The number of nitrogens with zero attached hydrogens (tertiary/aromatic N) is 1. The maximum Gasteiger partial charge on any atom is 0.277 e. The molecule has 0 bridgehead atoms. The Morgan fingerprint density at radius 1 is 1.19 bits per heavy atom. The van der Waals surface area contributed by atoms with Gasteiger partial charge in [-0.1, -0.05) is 19.3 Å². The Kier molecular flexibility index (Phi) is 3.53. The predicted octanol–water partition coefficient (Wildman–Crippen LogP) is 0.205. The molecule has 0 aromatic rings. The van der Waals surface area contributed by atoms with E-state index in [1.54, 1.807) is 0 Å². The van der Waals surface area contributed by atoms with Crippen LogP contribution in [0.4, 0.5) is 0 Å². The van der Waals surface area contributed by atoms with E-state index in [0.717, 1.165) is 25.7 Å². The minimum Gasteiger partial charge on any atom is -0.392 e. The lowest BCUT2D eigenvalue weighted by Gasteiger charge is -2.32. The van der Waals surface area contributed by atoms with Crippen LogP contribution in [0.3, 0.4) is 0 Å². The highest BCUT2D eigenvalue weighted by atomic mass is 32.2. The van der Waals surface area contributed by atoms with Crippen LogP contribution in [0.5, 0.6) is 0 Å². The molecule has 3 N–H and O–H groups in total. The molecular weight excluding hydrogens is 228 g/mol. The van der Waals surface area contributed by atoms with Crippen molar-refractivity contribution in [1.82, 2.24) is 4.31 Å². The summed E-state index contributed by atoms with van der Waals surface area (Å²) in [5, 5.41) is 14.8. The molecule has 1 saturated carbocycles. The van der Waals surface area contributed by atoms with Gasteiger partial charge >= 0.3 is 0 Å². The second-order valence-electron chi connectivity index (χ2n) is 4.97. The Balaban J connectivity index is 2.11. The summed E-state index contributed by atoms with van der Waals surface area (Å²) in [5.41, 5.74) is 0. The highest BCUT2D eigenvalue weighted by Crippen LogP contribution is 2.35. The predicted molar refractivity (Wildman–Crippen MR) is 60.8 cm³/mol. The van der Waals surface area contributed by atoms with Gasteiger partial charge in [0.15, 0.2) is 0 Å². The van der Waals surface area contributed by atoms with Gasteiger partial charge in [0.1, 0.15) is 0 Å². The summed E-state index contributed by atoms with van der Waals surface area (Å²) < 4.78 is 24.1. The van der Waals surface area contributed by atoms with Crippen LogP contribution in [0.25, 0.3) is 0 Å². The highest BCUT2D eigenvalue weighted by Gasteiger charge is 2.41. The van der Waals surface area contributed by atoms with Crippen LogP contribution >= 0.6 is 0 Å². The lowest BCUT2D eigenvalue weighted by atomic mass is 9.83. The van der Waals surface area contributed by atoms with Crippen LogP contribution in [-0.4, -0.2) is 36.5 Å². The van der Waals surface area contributed by atoms with E-state index in [0.29, 0.717) is 12.3 Å². The van der Waals surface area contributed by atoms with Crippen molar-refractivity contribution >= 4 is 10.2 Å². The summed E-state index contributed by atoms with van der Waals surface area (Å²) in [6.07, 6.45) is 5.67. The highest BCUT2D eigenvalue weighted by molar-refractivity contribution is 7.86. The number of rotatable bonds is 2. The zero-order valence-corrected chi connectivity index (χ0v) is 10.2. The third-order valence-corrected chi connectivity index (χ3v) is 4.87. The van der Waals surface area contributed by atoms with Gasteiger partial charge in [0.25, 0.3) is 10.2 Å². The molecule has 16 heavy (non-hydrogen) atoms. The van der Waals surface area contributed by atoms with Gasteiger partial charge in [0.05, 0.1) is 6.10 Å². The van der Waals surface area contributed by atoms with Gasteiger partial charge in [-0.3, -0.25) is 0 Å². The molecule has 6 heteroatoms. The fourth-order valence-corrected chi connectivity index (χ4v) is 4.07. The average Bonchev–Trinajstić information content (AvgIpc) is 2.61. The normalized spacial score (nSPS) is 34.4. The first-order valence-electron chi connectivity index (χ1n) is 5.96. The van der Waals surface area contributed by atoms with E-state index in [4.69, 9.17) is 5.14 Å². The Morgan fingerprint density at radius 2 is 1.81 bits per heavy atom. The molecule has 0 amide bonds. The molecule has 0 radical (unpaired) electrons. The zero-order valence-electron chi connectivity index (χ0n) is 9.38. The summed E-state index contributed by atoms with van der Waals surface area (Å²) in [4.78, 5) is 0. The van der Waals surface area contributed by atoms with Gasteiger partial charge < -0.3 is 5.11 Å². The molecule has 0 spiro atoms. The Morgan fingerprint density at radius 3 is 2.38 bits per heavy atom. The Labute approximate surface area is 96.8 Å². The van der Waals surface area contributed by atoms with Gasteiger partial charge in [-0.05, 0) is 25.2 Å². The molecule has 2 atom stereocenters. The monoisotopic (exact) mass is 248 g/mol. The Hall–Kier alpha value is -0.170. The largest absolute Gasteiger partial charge is 0.392 e. The lowest BCUT2D eigenvalue weighted by Crippen LogP contribution is -2.44. The van der Waals surface area contributed by atoms with Crippen molar-refractivity contribution in [3.63, 3.8) is 0 Å². The molecule has 1 saturated heterocycles. The van der Waals surface area contributed by atoms with E-state index < -0.39 is 16.3 Å². The summed E-state index contributed by atoms with van der Waals surface area (Å²) in [6, 6.07) is -0.0784. The summed E-state index contributed by atoms with van der Waals surface area (Å²) in [5.74, 6) is 0.379. The standard InChI is InChI=1S/C10H20N2O3S/c11-16(14,15)12-7-9(13)6-10(12)8-4-2-1-3-5-8/h8-10,13H,1-7H2,(H2,11,14,15). The number of aliphatic hydroxyl groups excluding tert-OH is 1. The molecule has 0 aromatic heterocycles. The van der Waals surface area contributed by atoms with Crippen LogP contribution in [0.2, 0.25) is 0 Å². The van der Waals surface area contributed by atoms with Crippen molar-refractivity contribution in [2.45, 2.75) is 50.7 Å². The molecule has 2 unspecified atom stereocenters. The minimum atomic E-state index is -3.66. The fourth-order valence-electron chi connectivity index (χ4n) is 3.05. The van der Waals surface area contributed by atoms with E-state index in [1.165, 1.54) is 10.7 Å². The van der Waals surface area contributed by atoms with Crippen LogP contribution < -0.4 is 5.14 Å². The maximum absolute atomic E-state index is 11.4. The summed E-state index contributed by atoms with van der Waals surface area (Å²) in [6.45, 7) is 0.167. The first-order valence-corrected chi connectivity index (χ1v) is 7.46. The van der Waals surface area contributed by atoms with E-state index in [1.807, 2.05) is 0 Å². The number of nitrogens with two attached hydrogens (primary N) is 1. The molecule has 2 fully saturated rings. The molecule has 2 aliphatic rings. The van der Waals surface area contributed by atoms with Crippen LogP contribution in [0.1, 0.15) is 38.5 Å². The molecule has 2 rings (SSSR count). The van der Waals surface area contributed by atoms with Crippen LogP contribution in [0.15, 0.2) is 0 Å². The van der Waals surface area contributed by atoms with Crippen molar-refractivity contribution in [1.29, 1.82) is 0 Å². The van der Waals surface area contributed by atoms with Crippen molar-refractivity contribution in [2.75, 3.05) is 6.54 Å². The molecule has 1 aliphatic carbocycles. The minimum absolute atomic E-state index is 0.0784. The smallest absolute Gasteiger partial charge is 0.277 e. The van der Waals surface area contributed by atoms with E-state index in [9.17, 15) is 13.5 Å².